The maximum atomic E-state index is 4.90. The molecule has 2 heterocycles. The van der Waals surface area contributed by atoms with Gasteiger partial charge in [-0.1, -0.05) is 18.2 Å². The van der Waals surface area contributed by atoms with Crippen LogP contribution in [0.1, 0.15) is 25.0 Å². The van der Waals surface area contributed by atoms with Crippen molar-refractivity contribution in [2.24, 2.45) is 12.0 Å². The molecule has 1 aliphatic heterocycles. The molecule has 0 radical (unpaired) electrons. The number of guanidine groups is 1. The predicted molar refractivity (Wildman–Crippen MR) is 104 cm³/mol. The van der Waals surface area contributed by atoms with Gasteiger partial charge in [-0.25, -0.2) is 9.98 Å². The van der Waals surface area contributed by atoms with Crippen molar-refractivity contribution in [3.63, 3.8) is 0 Å². The Morgan fingerprint density at radius 2 is 1.88 bits per heavy atom. The van der Waals surface area contributed by atoms with Gasteiger partial charge in [0.2, 0.25) is 5.95 Å². The van der Waals surface area contributed by atoms with Crippen molar-refractivity contribution in [2.45, 2.75) is 25.8 Å². The third kappa shape index (κ3) is 4.32. The normalized spacial score (nSPS) is 15.3. The second kappa shape index (κ2) is 8.05. The molecule has 1 aromatic carbocycles. The molecule has 134 valence electrons. The zero-order valence-corrected chi connectivity index (χ0v) is 15.4. The SMILES string of the molecule is CN(C)c1ncc(CN=C(Nc2ccccc2)N2CCCCC2)n1C. The number of piperidine rings is 1. The van der Waals surface area contributed by atoms with E-state index in [1.807, 2.05) is 50.4 Å². The van der Waals surface area contributed by atoms with Crippen molar-refractivity contribution in [3.8, 4) is 0 Å². The fraction of sp³-hybridized carbons (Fsp3) is 0.474. The number of nitrogens with one attached hydrogen (secondary N) is 1. The smallest absolute Gasteiger partial charge is 0.204 e. The summed E-state index contributed by atoms with van der Waals surface area (Å²) in [6.45, 7) is 2.74. The minimum atomic E-state index is 0.614. The van der Waals surface area contributed by atoms with Crippen LogP contribution in [0.3, 0.4) is 0 Å². The molecule has 0 amide bonds. The molecule has 0 spiro atoms. The summed E-state index contributed by atoms with van der Waals surface area (Å²) in [5.41, 5.74) is 2.18. The Kier molecular flexibility index (Phi) is 5.58. The summed E-state index contributed by atoms with van der Waals surface area (Å²) in [5, 5.41) is 3.50. The minimum absolute atomic E-state index is 0.614. The van der Waals surface area contributed by atoms with Crippen molar-refractivity contribution in [3.05, 3.63) is 42.2 Å². The molecule has 0 saturated carbocycles. The van der Waals surface area contributed by atoms with Crippen molar-refractivity contribution >= 4 is 17.6 Å². The molecule has 0 unspecified atom stereocenters. The van der Waals surface area contributed by atoms with Crippen LogP contribution >= 0.6 is 0 Å². The quantitative estimate of drug-likeness (QED) is 0.687. The number of para-hydroxylation sites is 1. The fourth-order valence-corrected chi connectivity index (χ4v) is 3.13. The molecule has 2 aromatic rings. The first-order valence-corrected chi connectivity index (χ1v) is 8.94. The Morgan fingerprint density at radius 3 is 2.52 bits per heavy atom. The van der Waals surface area contributed by atoms with Crippen molar-refractivity contribution in [1.82, 2.24) is 14.5 Å². The molecule has 0 aliphatic carbocycles. The summed E-state index contributed by atoms with van der Waals surface area (Å²) in [6, 6.07) is 10.3. The van der Waals surface area contributed by atoms with E-state index in [0.717, 1.165) is 36.4 Å². The van der Waals surface area contributed by atoms with Gasteiger partial charge in [0, 0.05) is 39.9 Å². The van der Waals surface area contributed by atoms with E-state index in [9.17, 15) is 0 Å². The first-order valence-electron chi connectivity index (χ1n) is 8.94. The van der Waals surface area contributed by atoms with Crippen LogP contribution in [0.2, 0.25) is 0 Å². The van der Waals surface area contributed by atoms with Crippen LogP contribution in [0.5, 0.6) is 0 Å². The molecule has 6 nitrogen and oxygen atoms in total. The monoisotopic (exact) mass is 340 g/mol. The summed E-state index contributed by atoms with van der Waals surface area (Å²) in [6.07, 6.45) is 5.68. The lowest BCUT2D eigenvalue weighted by molar-refractivity contribution is 0.340. The second-order valence-corrected chi connectivity index (χ2v) is 6.68. The Balaban J connectivity index is 1.79. The second-order valence-electron chi connectivity index (χ2n) is 6.68. The molecule has 1 aromatic heterocycles. The first-order chi connectivity index (χ1) is 12.1. The van der Waals surface area contributed by atoms with Gasteiger partial charge in [-0.15, -0.1) is 0 Å². The zero-order valence-electron chi connectivity index (χ0n) is 15.4. The number of nitrogens with zero attached hydrogens (tertiary/aromatic N) is 5. The van der Waals surface area contributed by atoms with Gasteiger partial charge >= 0.3 is 0 Å². The van der Waals surface area contributed by atoms with Crippen LogP contribution in [0, 0.1) is 0 Å². The van der Waals surface area contributed by atoms with E-state index in [0.29, 0.717) is 6.54 Å². The summed E-state index contributed by atoms with van der Waals surface area (Å²) in [7, 11) is 6.05. The number of rotatable bonds is 4. The van der Waals surface area contributed by atoms with E-state index in [1.165, 1.54) is 19.3 Å². The molecule has 25 heavy (non-hydrogen) atoms. The van der Waals surface area contributed by atoms with E-state index in [4.69, 9.17) is 4.99 Å². The highest BCUT2D eigenvalue weighted by atomic mass is 15.3. The van der Waals surface area contributed by atoms with Crippen molar-refractivity contribution in [2.75, 3.05) is 37.4 Å². The van der Waals surface area contributed by atoms with Gasteiger partial charge in [0.15, 0.2) is 5.96 Å². The molecule has 1 aliphatic rings. The van der Waals surface area contributed by atoms with E-state index in [1.54, 1.807) is 0 Å². The zero-order chi connectivity index (χ0) is 17.6. The predicted octanol–water partition coefficient (Wildman–Crippen LogP) is 2.94. The highest BCUT2D eigenvalue weighted by Crippen LogP contribution is 2.15. The summed E-state index contributed by atoms with van der Waals surface area (Å²) < 4.78 is 2.10. The number of hydrogen-bond acceptors (Lipinski definition) is 3. The lowest BCUT2D eigenvalue weighted by Gasteiger charge is -2.30. The van der Waals surface area contributed by atoms with Gasteiger partial charge in [0.05, 0.1) is 18.4 Å². The minimum Gasteiger partial charge on any atom is -0.348 e. The Morgan fingerprint density at radius 1 is 1.16 bits per heavy atom. The lowest BCUT2D eigenvalue weighted by atomic mass is 10.1. The highest BCUT2D eigenvalue weighted by molar-refractivity contribution is 5.93. The first kappa shape index (κ1) is 17.3. The Hall–Kier alpha value is -2.50. The maximum Gasteiger partial charge on any atom is 0.204 e. The average molecular weight is 340 g/mol. The van der Waals surface area contributed by atoms with Gasteiger partial charge in [-0.2, -0.15) is 0 Å². The Bertz CT molecular complexity index is 698. The summed E-state index contributed by atoms with van der Waals surface area (Å²) in [5.74, 6) is 1.90. The number of hydrogen-bond donors (Lipinski definition) is 1. The van der Waals surface area contributed by atoms with Crippen LogP contribution in [-0.4, -0.2) is 47.6 Å². The maximum absolute atomic E-state index is 4.90. The van der Waals surface area contributed by atoms with Gasteiger partial charge in [-0.05, 0) is 31.4 Å². The molecule has 0 bridgehead atoms. The third-order valence-corrected chi connectivity index (χ3v) is 4.54. The van der Waals surface area contributed by atoms with Gasteiger partial charge in [0.25, 0.3) is 0 Å². The largest absolute Gasteiger partial charge is 0.348 e. The molecular formula is C19H28N6. The van der Waals surface area contributed by atoms with Crippen LogP contribution < -0.4 is 10.2 Å². The summed E-state index contributed by atoms with van der Waals surface area (Å²) >= 11 is 0. The molecule has 1 saturated heterocycles. The molecule has 0 atom stereocenters. The highest BCUT2D eigenvalue weighted by Gasteiger charge is 2.16. The van der Waals surface area contributed by atoms with Crippen LogP contribution in [0.25, 0.3) is 0 Å². The molecule has 1 fully saturated rings. The topological polar surface area (TPSA) is 48.7 Å². The van der Waals surface area contributed by atoms with Gasteiger partial charge in [0.1, 0.15) is 0 Å². The molecule has 1 N–H and O–H groups in total. The molecular weight excluding hydrogens is 312 g/mol. The van der Waals surface area contributed by atoms with E-state index in [2.05, 4.69) is 31.9 Å². The van der Waals surface area contributed by atoms with Gasteiger partial charge < -0.3 is 19.7 Å². The van der Waals surface area contributed by atoms with E-state index < -0.39 is 0 Å². The van der Waals surface area contributed by atoms with Crippen LogP contribution in [0.15, 0.2) is 41.5 Å². The molecule has 6 heteroatoms. The summed E-state index contributed by atoms with van der Waals surface area (Å²) in [4.78, 5) is 13.7. The number of anilines is 2. The van der Waals surface area contributed by atoms with E-state index in [-0.39, 0.29) is 0 Å². The third-order valence-electron chi connectivity index (χ3n) is 4.54. The standard InChI is InChI=1S/C19H28N6/c1-23(2)19-21-15-17(24(19)3)14-20-18(25-12-8-5-9-13-25)22-16-10-6-4-7-11-16/h4,6-7,10-11,15H,5,8-9,12-14H2,1-3H3,(H,20,22). The van der Waals surface area contributed by atoms with E-state index >= 15 is 0 Å². The fourth-order valence-electron chi connectivity index (χ4n) is 3.13. The molecule has 3 rings (SSSR count). The Labute approximate surface area is 150 Å². The number of benzene rings is 1. The number of likely N-dealkylation sites (tertiary alicyclic amines) is 1. The average Bonchev–Trinajstić information content (AvgIpc) is 3.01. The number of imidazole rings is 1. The number of aromatic nitrogens is 2. The van der Waals surface area contributed by atoms with Crippen molar-refractivity contribution in [1.29, 1.82) is 0 Å². The van der Waals surface area contributed by atoms with Crippen LogP contribution in [0.4, 0.5) is 11.6 Å². The number of aliphatic imine (C=N–C) groups is 1. The van der Waals surface area contributed by atoms with Gasteiger partial charge in [-0.3, -0.25) is 0 Å². The van der Waals surface area contributed by atoms with Crippen molar-refractivity contribution < 1.29 is 0 Å². The van der Waals surface area contributed by atoms with Crippen LogP contribution in [-0.2, 0) is 13.6 Å². The lowest BCUT2D eigenvalue weighted by Crippen LogP contribution is -2.40.